The SMILES string of the molecule is C=COS(=O)(=O)c1ccc(F)cc1. The van der Waals surface area contributed by atoms with Gasteiger partial charge in [0.1, 0.15) is 10.7 Å². The van der Waals surface area contributed by atoms with Crippen molar-refractivity contribution in [2.45, 2.75) is 4.90 Å². The summed E-state index contributed by atoms with van der Waals surface area (Å²) in [4.78, 5) is -0.103. The van der Waals surface area contributed by atoms with Gasteiger partial charge in [0.2, 0.25) is 0 Å². The second-order valence-corrected chi connectivity index (χ2v) is 3.74. The number of benzene rings is 1. The van der Waals surface area contributed by atoms with Gasteiger partial charge in [-0.25, -0.2) is 4.39 Å². The number of hydrogen-bond acceptors (Lipinski definition) is 3. The first-order valence-corrected chi connectivity index (χ1v) is 4.77. The van der Waals surface area contributed by atoms with Gasteiger partial charge in [0, 0.05) is 0 Å². The van der Waals surface area contributed by atoms with Crippen molar-refractivity contribution in [1.29, 1.82) is 0 Å². The molecule has 1 rings (SSSR count). The summed E-state index contributed by atoms with van der Waals surface area (Å²) in [5.41, 5.74) is 0. The van der Waals surface area contributed by atoms with E-state index in [1.54, 1.807) is 0 Å². The first-order chi connectivity index (χ1) is 6.06. The molecule has 0 amide bonds. The Hall–Kier alpha value is -1.36. The summed E-state index contributed by atoms with van der Waals surface area (Å²) in [5.74, 6) is -0.502. The van der Waals surface area contributed by atoms with Gasteiger partial charge in [-0.05, 0) is 24.3 Å². The van der Waals surface area contributed by atoms with E-state index in [1.165, 1.54) is 0 Å². The van der Waals surface area contributed by atoms with E-state index in [-0.39, 0.29) is 4.90 Å². The molecule has 70 valence electrons. The van der Waals surface area contributed by atoms with Crippen LogP contribution in [0, 0.1) is 5.82 Å². The van der Waals surface area contributed by atoms with Crippen molar-refractivity contribution in [3.63, 3.8) is 0 Å². The average Bonchev–Trinajstić information content (AvgIpc) is 2.05. The summed E-state index contributed by atoms with van der Waals surface area (Å²) < 4.78 is 38.9. The Kier molecular flexibility index (Phi) is 2.67. The standard InChI is InChI=1S/C8H7FO3S/c1-2-12-13(10,11)8-5-3-7(9)4-6-8/h2-6H,1H2. The Bertz CT molecular complexity index is 394. The van der Waals surface area contributed by atoms with E-state index in [1.807, 2.05) is 0 Å². The van der Waals surface area contributed by atoms with Gasteiger partial charge in [-0.15, -0.1) is 0 Å². The predicted molar refractivity (Wildman–Crippen MR) is 44.9 cm³/mol. The normalized spacial score (nSPS) is 10.8. The lowest BCUT2D eigenvalue weighted by atomic mass is 10.4. The molecule has 0 fully saturated rings. The third-order valence-electron chi connectivity index (χ3n) is 1.30. The molecule has 1 aromatic rings. The molecule has 0 radical (unpaired) electrons. The Labute approximate surface area is 75.6 Å². The topological polar surface area (TPSA) is 43.4 Å². The highest BCUT2D eigenvalue weighted by Gasteiger charge is 2.13. The largest absolute Gasteiger partial charge is 0.388 e. The van der Waals surface area contributed by atoms with E-state index in [0.717, 1.165) is 30.5 Å². The van der Waals surface area contributed by atoms with Gasteiger partial charge in [0.25, 0.3) is 0 Å². The Morgan fingerprint density at radius 1 is 1.31 bits per heavy atom. The number of halogens is 1. The van der Waals surface area contributed by atoms with Gasteiger partial charge in [-0.2, -0.15) is 8.42 Å². The molecule has 13 heavy (non-hydrogen) atoms. The van der Waals surface area contributed by atoms with Crippen LogP contribution >= 0.6 is 0 Å². The second kappa shape index (κ2) is 3.57. The fourth-order valence-corrected chi connectivity index (χ4v) is 1.51. The molecule has 5 heteroatoms. The lowest BCUT2D eigenvalue weighted by Crippen LogP contribution is -2.01. The quantitative estimate of drug-likeness (QED) is 0.553. The molecule has 0 saturated heterocycles. The molecule has 0 unspecified atom stereocenters. The fraction of sp³-hybridized carbons (Fsp3) is 0. The van der Waals surface area contributed by atoms with Crippen LogP contribution < -0.4 is 0 Å². The van der Waals surface area contributed by atoms with Crippen molar-refractivity contribution in [1.82, 2.24) is 0 Å². The molecule has 3 nitrogen and oxygen atoms in total. The predicted octanol–water partition coefficient (Wildman–Crippen LogP) is 1.67. The molecular weight excluding hydrogens is 195 g/mol. The summed E-state index contributed by atoms with van der Waals surface area (Å²) in [6, 6.07) is 4.32. The molecule has 0 heterocycles. The molecule has 0 aliphatic heterocycles. The maximum atomic E-state index is 12.4. The van der Waals surface area contributed by atoms with Crippen molar-refractivity contribution in [3.8, 4) is 0 Å². The van der Waals surface area contributed by atoms with Crippen molar-refractivity contribution in [2.24, 2.45) is 0 Å². The maximum Gasteiger partial charge on any atom is 0.338 e. The monoisotopic (exact) mass is 202 g/mol. The van der Waals surface area contributed by atoms with E-state index < -0.39 is 15.9 Å². The van der Waals surface area contributed by atoms with Crippen LogP contribution in [0.3, 0.4) is 0 Å². The van der Waals surface area contributed by atoms with Crippen LogP contribution in [0.25, 0.3) is 0 Å². The second-order valence-electron chi connectivity index (χ2n) is 2.17. The van der Waals surface area contributed by atoms with Gasteiger partial charge in [-0.1, -0.05) is 6.58 Å². The van der Waals surface area contributed by atoms with Gasteiger partial charge < -0.3 is 4.18 Å². The lowest BCUT2D eigenvalue weighted by molar-refractivity contribution is 0.444. The van der Waals surface area contributed by atoms with Crippen LogP contribution in [0.5, 0.6) is 0 Å². The third kappa shape index (κ3) is 2.29. The van der Waals surface area contributed by atoms with Crippen LogP contribution in [0.15, 0.2) is 42.0 Å². The van der Waals surface area contributed by atoms with E-state index >= 15 is 0 Å². The van der Waals surface area contributed by atoms with E-state index in [9.17, 15) is 12.8 Å². The van der Waals surface area contributed by atoms with Gasteiger partial charge >= 0.3 is 10.1 Å². The van der Waals surface area contributed by atoms with Gasteiger partial charge in [0.05, 0.1) is 6.26 Å². The molecule has 0 aliphatic carbocycles. The number of rotatable bonds is 3. The van der Waals surface area contributed by atoms with Crippen LogP contribution in [0.4, 0.5) is 4.39 Å². The molecule has 1 aromatic carbocycles. The first kappa shape index (κ1) is 9.73. The lowest BCUT2D eigenvalue weighted by Gasteiger charge is -2.01. The van der Waals surface area contributed by atoms with Crippen molar-refractivity contribution in [3.05, 3.63) is 42.9 Å². The summed E-state index contributed by atoms with van der Waals surface area (Å²) in [7, 11) is -3.81. The van der Waals surface area contributed by atoms with Crippen LogP contribution in [0.2, 0.25) is 0 Å². The number of hydrogen-bond donors (Lipinski definition) is 0. The summed E-state index contributed by atoms with van der Waals surface area (Å²) in [6.45, 7) is 3.11. The van der Waals surface area contributed by atoms with Crippen molar-refractivity contribution in [2.75, 3.05) is 0 Å². The third-order valence-corrected chi connectivity index (χ3v) is 2.54. The summed E-state index contributed by atoms with van der Waals surface area (Å²) in [5, 5.41) is 0. The van der Waals surface area contributed by atoms with Crippen molar-refractivity contribution >= 4 is 10.1 Å². The zero-order valence-electron chi connectivity index (χ0n) is 6.60. The molecule has 0 atom stereocenters. The van der Waals surface area contributed by atoms with E-state index in [4.69, 9.17) is 0 Å². The highest BCUT2D eigenvalue weighted by Crippen LogP contribution is 2.12. The Morgan fingerprint density at radius 2 is 1.85 bits per heavy atom. The zero-order chi connectivity index (χ0) is 9.90. The van der Waals surface area contributed by atoms with Crippen molar-refractivity contribution < 1.29 is 17.0 Å². The molecule has 0 saturated carbocycles. The first-order valence-electron chi connectivity index (χ1n) is 3.36. The average molecular weight is 202 g/mol. The molecule has 0 spiro atoms. The maximum absolute atomic E-state index is 12.4. The summed E-state index contributed by atoms with van der Waals surface area (Å²) in [6.07, 6.45) is 0.804. The smallest absolute Gasteiger partial charge is 0.338 e. The molecule has 0 bridgehead atoms. The highest BCUT2D eigenvalue weighted by atomic mass is 32.2. The summed E-state index contributed by atoms with van der Waals surface area (Å²) >= 11 is 0. The van der Waals surface area contributed by atoms with Crippen LogP contribution in [0.1, 0.15) is 0 Å². The Morgan fingerprint density at radius 3 is 2.31 bits per heavy atom. The van der Waals surface area contributed by atoms with Crippen LogP contribution in [-0.2, 0) is 14.3 Å². The Balaban J connectivity index is 3.08. The fourth-order valence-electron chi connectivity index (χ4n) is 0.746. The van der Waals surface area contributed by atoms with Gasteiger partial charge in [-0.3, -0.25) is 0 Å². The van der Waals surface area contributed by atoms with E-state index in [2.05, 4.69) is 10.8 Å². The van der Waals surface area contributed by atoms with Gasteiger partial charge in [0.15, 0.2) is 0 Å². The minimum Gasteiger partial charge on any atom is -0.388 e. The minimum atomic E-state index is -3.81. The molecular formula is C8H7FO3S. The van der Waals surface area contributed by atoms with Crippen LogP contribution in [-0.4, -0.2) is 8.42 Å². The molecule has 0 N–H and O–H groups in total. The zero-order valence-corrected chi connectivity index (χ0v) is 7.42. The molecule has 0 aliphatic rings. The minimum absolute atomic E-state index is 0.103. The van der Waals surface area contributed by atoms with E-state index in [0.29, 0.717) is 0 Å². The highest BCUT2D eigenvalue weighted by molar-refractivity contribution is 7.86. The molecule has 0 aromatic heterocycles.